The standard InChI is InChI=1S/C10H17NO2/c1-9(6-12-2)10(7-11)4-3-5-13-8-10/h9H,3-6,8H2,1-2H3. The zero-order chi connectivity index (χ0) is 9.73. The van der Waals surface area contributed by atoms with Gasteiger partial charge in [0.05, 0.1) is 24.7 Å². The van der Waals surface area contributed by atoms with Crippen LogP contribution in [0.2, 0.25) is 0 Å². The quantitative estimate of drug-likeness (QED) is 0.667. The molecule has 0 aliphatic carbocycles. The highest BCUT2D eigenvalue weighted by molar-refractivity contribution is 5.03. The predicted octanol–water partition coefficient (Wildman–Crippen LogP) is 1.59. The molecule has 0 aromatic rings. The summed E-state index contributed by atoms with van der Waals surface area (Å²) in [6.45, 7) is 4.05. The Hall–Kier alpha value is -0.590. The zero-order valence-electron chi connectivity index (χ0n) is 8.38. The van der Waals surface area contributed by atoms with Gasteiger partial charge in [-0.25, -0.2) is 0 Å². The summed E-state index contributed by atoms with van der Waals surface area (Å²) in [5, 5.41) is 9.15. The van der Waals surface area contributed by atoms with Crippen LogP contribution in [0, 0.1) is 22.7 Å². The van der Waals surface area contributed by atoms with Crippen molar-refractivity contribution in [2.24, 2.45) is 11.3 Å². The molecule has 1 aliphatic heterocycles. The average molecular weight is 183 g/mol. The number of ether oxygens (including phenoxy) is 2. The lowest BCUT2D eigenvalue weighted by Crippen LogP contribution is -2.38. The van der Waals surface area contributed by atoms with Crippen LogP contribution < -0.4 is 0 Å². The van der Waals surface area contributed by atoms with Gasteiger partial charge in [-0.15, -0.1) is 0 Å². The summed E-state index contributed by atoms with van der Waals surface area (Å²) in [6, 6.07) is 2.40. The summed E-state index contributed by atoms with van der Waals surface area (Å²) in [5.74, 6) is 0.253. The third-order valence-corrected chi connectivity index (χ3v) is 2.85. The van der Waals surface area contributed by atoms with E-state index in [0.717, 1.165) is 19.4 Å². The molecule has 2 atom stereocenters. The highest BCUT2D eigenvalue weighted by Gasteiger charge is 2.38. The molecule has 0 amide bonds. The van der Waals surface area contributed by atoms with Crippen molar-refractivity contribution in [3.63, 3.8) is 0 Å². The van der Waals surface area contributed by atoms with Crippen LogP contribution >= 0.6 is 0 Å². The van der Waals surface area contributed by atoms with Crippen LogP contribution in [0.1, 0.15) is 19.8 Å². The zero-order valence-corrected chi connectivity index (χ0v) is 8.38. The summed E-state index contributed by atoms with van der Waals surface area (Å²) in [5.41, 5.74) is -0.311. The van der Waals surface area contributed by atoms with Gasteiger partial charge in [0.1, 0.15) is 0 Å². The third-order valence-electron chi connectivity index (χ3n) is 2.85. The Morgan fingerprint density at radius 1 is 1.69 bits per heavy atom. The average Bonchev–Trinajstić information content (AvgIpc) is 2.19. The van der Waals surface area contributed by atoms with Gasteiger partial charge in [-0.2, -0.15) is 5.26 Å². The Labute approximate surface area is 79.6 Å². The van der Waals surface area contributed by atoms with Crippen LogP contribution in [-0.2, 0) is 9.47 Å². The van der Waals surface area contributed by atoms with E-state index in [1.54, 1.807) is 7.11 Å². The fourth-order valence-electron chi connectivity index (χ4n) is 1.81. The molecule has 0 saturated carbocycles. The van der Waals surface area contributed by atoms with Gasteiger partial charge in [-0.1, -0.05) is 6.92 Å². The normalized spacial score (nSPS) is 30.8. The maximum atomic E-state index is 9.15. The number of hydrogen-bond donors (Lipinski definition) is 0. The van der Waals surface area contributed by atoms with Crippen molar-refractivity contribution in [1.29, 1.82) is 5.26 Å². The minimum Gasteiger partial charge on any atom is -0.384 e. The molecule has 3 nitrogen and oxygen atoms in total. The number of rotatable bonds is 3. The van der Waals surface area contributed by atoms with E-state index in [2.05, 4.69) is 13.0 Å². The Morgan fingerprint density at radius 3 is 2.92 bits per heavy atom. The summed E-state index contributed by atoms with van der Waals surface area (Å²) >= 11 is 0. The van der Waals surface area contributed by atoms with Gasteiger partial charge >= 0.3 is 0 Å². The van der Waals surface area contributed by atoms with E-state index in [1.165, 1.54) is 0 Å². The molecule has 0 spiro atoms. The van der Waals surface area contributed by atoms with Crippen molar-refractivity contribution in [3.05, 3.63) is 0 Å². The van der Waals surface area contributed by atoms with Crippen molar-refractivity contribution in [3.8, 4) is 6.07 Å². The van der Waals surface area contributed by atoms with E-state index in [-0.39, 0.29) is 11.3 Å². The highest BCUT2D eigenvalue weighted by Crippen LogP contribution is 2.35. The summed E-state index contributed by atoms with van der Waals surface area (Å²) in [6.07, 6.45) is 1.93. The van der Waals surface area contributed by atoms with Crippen molar-refractivity contribution in [2.45, 2.75) is 19.8 Å². The molecule has 13 heavy (non-hydrogen) atoms. The molecule has 1 rings (SSSR count). The van der Waals surface area contributed by atoms with Crippen molar-refractivity contribution < 1.29 is 9.47 Å². The molecule has 2 unspecified atom stereocenters. The summed E-state index contributed by atoms with van der Waals surface area (Å²) < 4.78 is 10.4. The van der Waals surface area contributed by atoms with Crippen LogP contribution in [0.4, 0.5) is 0 Å². The third kappa shape index (κ3) is 2.20. The van der Waals surface area contributed by atoms with E-state index >= 15 is 0 Å². The molecule has 0 aromatic carbocycles. The molecule has 74 valence electrons. The van der Waals surface area contributed by atoms with Crippen LogP contribution in [0.3, 0.4) is 0 Å². The minimum absolute atomic E-state index is 0.253. The second kappa shape index (κ2) is 4.59. The van der Waals surface area contributed by atoms with Gasteiger partial charge in [0, 0.05) is 19.6 Å². The van der Waals surface area contributed by atoms with Crippen molar-refractivity contribution in [2.75, 3.05) is 26.9 Å². The summed E-state index contributed by atoms with van der Waals surface area (Å²) in [7, 11) is 1.67. The molecule has 3 heteroatoms. The first-order chi connectivity index (χ1) is 6.25. The maximum absolute atomic E-state index is 9.15. The van der Waals surface area contributed by atoms with Crippen molar-refractivity contribution >= 4 is 0 Å². The van der Waals surface area contributed by atoms with Gasteiger partial charge in [0.25, 0.3) is 0 Å². The van der Waals surface area contributed by atoms with Gasteiger partial charge in [0.2, 0.25) is 0 Å². The lowest BCUT2D eigenvalue weighted by atomic mass is 9.74. The molecule has 0 N–H and O–H groups in total. The maximum Gasteiger partial charge on any atom is 0.0854 e. The molecular weight excluding hydrogens is 166 g/mol. The smallest absolute Gasteiger partial charge is 0.0854 e. The van der Waals surface area contributed by atoms with Gasteiger partial charge in [-0.3, -0.25) is 0 Å². The van der Waals surface area contributed by atoms with E-state index in [9.17, 15) is 0 Å². The number of nitriles is 1. The Kier molecular flexibility index (Phi) is 3.71. The van der Waals surface area contributed by atoms with Gasteiger partial charge in [0.15, 0.2) is 0 Å². The number of methoxy groups -OCH3 is 1. The molecule has 1 aliphatic rings. The van der Waals surface area contributed by atoms with Gasteiger partial charge in [-0.05, 0) is 12.8 Å². The lowest BCUT2D eigenvalue weighted by molar-refractivity contribution is -0.0233. The van der Waals surface area contributed by atoms with Crippen LogP contribution in [0.25, 0.3) is 0 Å². The number of hydrogen-bond acceptors (Lipinski definition) is 3. The fraction of sp³-hybridized carbons (Fsp3) is 0.900. The molecule has 1 fully saturated rings. The molecule has 1 saturated heterocycles. The minimum atomic E-state index is -0.311. The van der Waals surface area contributed by atoms with Gasteiger partial charge < -0.3 is 9.47 Å². The topological polar surface area (TPSA) is 42.2 Å². The van der Waals surface area contributed by atoms with Crippen molar-refractivity contribution in [1.82, 2.24) is 0 Å². The lowest BCUT2D eigenvalue weighted by Gasteiger charge is -2.35. The Balaban J connectivity index is 2.62. The highest BCUT2D eigenvalue weighted by atomic mass is 16.5. The molecule has 0 aromatic heterocycles. The molecule has 0 bridgehead atoms. The van der Waals surface area contributed by atoms with E-state index < -0.39 is 0 Å². The SMILES string of the molecule is COCC(C)C1(C#N)CCCOC1. The van der Waals surface area contributed by atoms with Crippen LogP contribution in [-0.4, -0.2) is 26.9 Å². The second-order valence-electron chi connectivity index (χ2n) is 3.78. The first kappa shape index (κ1) is 10.5. The molecule has 0 radical (unpaired) electrons. The van der Waals surface area contributed by atoms with E-state index in [0.29, 0.717) is 13.2 Å². The molecular formula is C10H17NO2. The van der Waals surface area contributed by atoms with E-state index in [1.807, 2.05) is 0 Å². The fourth-order valence-corrected chi connectivity index (χ4v) is 1.81. The van der Waals surface area contributed by atoms with E-state index in [4.69, 9.17) is 14.7 Å². The van der Waals surface area contributed by atoms with Crippen LogP contribution in [0.5, 0.6) is 0 Å². The van der Waals surface area contributed by atoms with Crippen LogP contribution in [0.15, 0.2) is 0 Å². The monoisotopic (exact) mass is 183 g/mol. The largest absolute Gasteiger partial charge is 0.384 e. The first-order valence-electron chi connectivity index (χ1n) is 4.73. The summed E-state index contributed by atoms with van der Waals surface area (Å²) in [4.78, 5) is 0. The Bertz CT molecular complexity index is 192. The second-order valence-corrected chi connectivity index (χ2v) is 3.78. The predicted molar refractivity (Wildman–Crippen MR) is 49.1 cm³/mol. The first-order valence-corrected chi connectivity index (χ1v) is 4.73. The molecule has 1 heterocycles. The Morgan fingerprint density at radius 2 is 2.46 bits per heavy atom. The number of nitrogens with zero attached hydrogens (tertiary/aromatic N) is 1.